The monoisotopic (exact) mass is 186 g/mol. The molecule has 2 N–H and O–H groups in total. The maximum atomic E-state index is 9.14. The molecule has 0 aliphatic heterocycles. The van der Waals surface area contributed by atoms with Crippen molar-refractivity contribution in [3.8, 4) is 5.75 Å². The summed E-state index contributed by atoms with van der Waals surface area (Å²) in [5.74, 6) is 0.138. The van der Waals surface area contributed by atoms with Crippen molar-refractivity contribution >= 4 is 11.6 Å². The van der Waals surface area contributed by atoms with Gasteiger partial charge in [0, 0.05) is 17.5 Å². The number of hydrogen-bond acceptors (Lipinski definition) is 2. The lowest BCUT2D eigenvalue weighted by Crippen LogP contribution is -1.99. The maximum Gasteiger partial charge on any atom is 0.115 e. The zero-order valence-corrected chi connectivity index (χ0v) is 7.54. The Morgan fingerprint density at radius 1 is 1.50 bits per heavy atom. The molecule has 0 heterocycles. The van der Waals surface area contributed by atoms with Crippen LogP contribution in [-0.4, -0.2) is 16.8 Å². The van der Waals surface area contributed by atoms with Crippen LogP contribution in [0, 0.1) is 0 Å². The van der Waals surface area contributed by atoms with E-state index in [0.717, 1.165) is 5.56 Å². The molecule has 0 radical (unpaired) electrons. The van der Waals surface area contributed by atoms with E-state index in [1.54, 1.807) is 12.1 Å². The van der Waals surface area contributed by atoms with E-state index >= 15 is 0 Å². The summed E-state index contributed by atoms with van der Waals surface area (Å²) in [6.45, 7) is 1.88. The van der Waals surface area contributed by atoms with Crippen LogP contribution in [0.1, 0.15) is 18.4 Å². The molecule has 66 valence electrons. The first-order valence-corrected chi connectivity index (χ1v) is 4.12. The third-order valence-corrected chi connectivity index (χ3v) is 2.13. The number of aliphatic hydroxyl groups is 1. The van der Waals surface area contributed by atoms with Crippen LogP contribution in [0.2, 0.25) is 5.02 Å². The van der Waals surface area contributed by atoms with Crippen molar-refractivity contribution in [2.45, 2.75) is 12.8 Å². The summed E-state index contributed by atoms with van der Waals surface area (Å²) >= 11 is 5.85. The zero-order chi connectivity index (χ0) is 9.14. The molecule has 1 unspecified atom stereocenters. The number of phenolic OH excluding ortho intramolecular Hbond substituents is 1. The summed E-state index contributed by atoms with van der Waals surface area (Å²) in [4.78, 5) is 0. The van der Waals surface area contributed by atoms with Gasteiger partial charge < -0.3 is 10.2 Å². The van der Waals surface area contributed by atoms with Crippen molar-refractivity contribution in [2.24, 2.45) is 0 Å². The number of rotatable bonds is 2. The lowest BCUT2D eigenvalue weighted by atomic mass is 10.0. The summed E-state index contributed by atoms with van der Waals surface area (Å²) in [7, 11) is 0. The first-order chi connectivity index (χ1) is 5.65. The quantitative estimate of drug-likeness (QED) is 0.743. The molecule has 3 heteroatoms. The standard InChI is InChI=1S/C9H11ClO2/c1-6(5-11)8-4-7(12)2-3-9(8)10/h2-4,6,11-12H,5H2,1H3. The molecule has 0 bridgehead atoms. The van der Waals surface area contributed by atoms with Crippen molar-refractivity contribution in [2.75, 3.05) is 6.61 Å². The van der Waals surface area contributed by atoms with Gasteiger partial charge in [0.2, 0.25) is 0 Å². The molecule has 1 rings (SSSR count). The summed E-state index contributed by atoms with van der Waals surface area (Å²) in [6.07, 6.45) is 0. The molecule has 0 spiro atoms. The molecule has 0 aromatic heterocycles. The fourth-order valence-electron chi connectivity index (χ4n) is 1.01. The second kappa shape index (κ2) is 3.78. The molecule has 0 amide bonds. The average molecular weight is 187 g/mol. The Hall–Kier alpha value is -0.730. The highest BCUT2D eigenvalue weighted by Gasteiger charge is 2.08. The van der Waals surface area contributed by atoms with Crippen LogP contribution in [0.25, 0.3) is 0 Å². The van der Waals surface area contributed by atoms with E-state index in [0.29, 0.717) is 5.02 Å². The number of phenols is 1. The van der Waals surface area contributed by atoms with Crippen molar-refractivity contribution in [1.29, 1.82) is 0 Å². The smallest absolute Gasteiger partial charge is 0.115 e. The Kier molecular flexibility index (Phi) is 2.95. The molecule has 0 saturated heterocycles. The van der Waals surface area contributed by atoms with Gasteiger partial charge in [-0.05, 0) is 23.8 Å². The highest BCUT2D eigenvalue weighted by molar-refractivity contribution is 6.31. The molecule has 1 aromatic carbocycles. The van der Waals surface area contributed by atoms with Crippen LogP contribution >= 0.6 is 11.6 Å². The lowest BCUT2D eigenvalue weighted by Gasteiger charge is -2.10. The van der Waals surface area contributed by atoms with Gasteiger partial charge in [0.25, 0.3) is 0 Å². The molecular formula is C9H11ClO2. The SMILES string of the molecule is CC(CO)c1cc(O)ccc1Cl. The second-order valence-electron chi connectivity index (χ2n) is 2.79. The van der Waals surface area contributed by atoms with Crippen molar-refractivity contribution in [1.82, 2.24) is 0 Å². The largest absolute Gasteiger partial charge is 0.508 e. The summed E-state index contributed by atoms with van der Waals surface area (Å²) in [6, 6.07) is 4.72. The topological polar surface area (TPSA) is 40.5 Å². The molecule has 0 fully saturated rings. The Bertz CT molecular complexity index is 273. The second-order valence-corrected chi connectivity index (χ2v) is 3.20. The Morgan fingerprint density at radius 2 is 2.17 bits per heavy atom. The van der Waals surface area contributed by atoms with Crippen molar-refractivity contribution in [3.63, 3.8) is 0 Å². The predicted molar refractivity (Wildman–Crippen MR) is 48.6 cm³/mol. The molecule has 12 heavy (non-hydrogen) atoms. The summed E-state index contributed by atoms with van der Waals surface area (Å²) in [5, 5.41) is 18.6. The first kappa shape index (κ1) is 9.36. The highest BCUT2D eigenvalue weighted by atomic mass is 35.5. The molecule has 1 aromatic rings. The summed E-state index contributed by atoms with van der Waals surface area (Å²) in [5.41, 5.74) is 0.777. The first-order valence-electron chi connectivity index (χ1n) is 3.74. The van der Waals surface area contributed by atoms with Gasteiger partial charge in [-0.1, -0.05) is 18.5 Å². The van der Waals surface area contributed by atoms with E-state index in [4.69, 9.17) is 21.8 Å². The minimum absolute atomic E-state index is 0.0309. The van der Waals surface area contributed by atoms with Crippen molar-refractivity contribution < 1.29 is 10.2 Å². The van der Waals surface area contributed by atoms with E-state index < -0.39 is 0 Å². The van der Waals surface area contributed by atoms with Crippen LogP contribution in [0.3, 0.4) is 0 Å². The van der Waals surface area contributed by atoms with Gasteiger partial charge in [-0.2, -0.15) is 0 Å². The number of aliphatic hydroxyl groups excluding tert-OH is 1. The van der Waals surface area contributed by atoms with E-state index in [1.807, 2.05) is 6.92 Å². The molecule has 0 aliphatic rings. The molecule has 2 nitrogen and oxygen atoms in total. The minimum Gasteiger partial charge on any atom is -0.508 e. The number of benzene rings is 1. The average Bonchev–Trinajstić information content (AvgIpc) is 2.08. The third kappa shape index (κ3) is 1.90. The highest BCUT2D eigenvalue weighted by Crippen LogP contribution is 2.27. The van der Waals surface area contributed by atoms with Crippen LogP contribution in [0.5, 0.6) is 5.75 Å². The number of aromatic hydroxyl groups is 1. The predicted octanol–water partition coefficient (Wildman–Crippen LogP) is 2.14. The van der Waals surface area contributed by atoms with Gasteiger partial charge in [-0.25, -0.2) is 0 Å². The maximum absolute atomic E-state index is 9.14. The van der Waals surface area contributed by atoms with Gasteiger partial charge in [0.15, 0.2) is 0 Å². The van der Waals surface area contributed by atoms with Crippen LogP contribution in [-0.2, 0) is 0 Å². The fraction of sp³-hybridized carbons (Fsp3) is 0.333. The van der Waals surface area contributed by atoms with Crippen LogP contribution in [0.4, 0.5) is 0 Å². The van der Waals surface area contributed by atoms with Crippen LogP contribution in [0.15, 0.2) is 18.2 Å². The zero-order valence-electron chi connectivity index (χ0n) is 6.79. The van der Waals surface area contributed by atoms with Crippen molar-refractivity contribution in [3.05, 3.63) is 28.8 Å². The molecular weight excluding hydrogens is 176 g/mol. The third-order valence-electron chi connectivity index (χ3n) is 1.78. The van der Waals surface area contributed by atoms with Gasteiger partial charge in [0.05, 0.1) is 0 Å². The molecule has 0 aliphatic carbocycles. The van der Waals surface area contributed by atoms with Gasteiger partial charge in [0.1, 0.15) is 5.75 Å². The normalized spacial score (nSPS) is 12.9. The lowest BCUT2D eigenvalue weighted by molar-refractivity contribution is 0.273. The molecule has 1 atom stereocenters. The Balaban J connectivity index is 3.04. The Morgan fingerprint density at radius 3 is 2.75 bits per heavy atom. The fourth-order valence-corrected chi connectivity index (χ4v) is 1.31. The van der Waals surface area contributed by atoms with E-state index in [1.165, 1.54) is 6.07 Å². The van der Waals surface area contributed by atoms with E-state index in [-0.39, 0.29) is 18.3 Å². The van der Waals surface area contributed by atoms with Crippen LogP contribution < -0.4 is 0 Å². The van der Waals surface area contributed by atoms with E-state index in [9.17, 15) is 0 Å². The Labute approximate surface area is 76.4 Å². The van der Waals surface area contributed by atoms with Gasteiger partial charge in [-0.15, -0.1) is 0 Å². The minimum atomic E-state index is -0.0374. The number of hydrogen-bond donors (Lipinski definition) is 2. The summed E-state index contributed by atoms with van der Waals surface area (Å²) < 4.78 is 0. The van der Waals surface area contributed by atoms with E-state index in [2.05, 4.69) is 0 Å². The van der Waals surface area contributed by atoms with Gasteiger partial charge >= 0.3 is 0 Å². The van der Waals surface area contributed by atoms with Gasteiger partial charge in [-0.3, -0.25) is 0 Å². The molecule has 0 saturated carbocycles. The number of halogens is 1.